The third-order valence-corrected chi connectivity index (χ3v) is 2.90. The number of methoxy groups -OCH3 is 1. The molecule has 0 bridgehead atoms. The summed E-state index contributed by atoms with van der Waals surface area (Å²) in [5.74, 6) is 0.220. The Morgan fingerprint density at radius 2 is 2.00 bits per heavy atom. The molecule has 5 nitrogen and oxygen atoms in total. The molecule has 1 unspecified atom stereocenters. The van der Waals surface area contributed by atoms with Crippen molar-refractivity contribution in [1.82, 2.24) is 0 Å². The molecule has 0 radical (unpaired) electrons. The maximum Gasteiger partial charge on any atom is 0.192 e. The number of hydrogen-bond donors (Lipinski definition) is 0. The second kappa shape index (κ2) is 6.25. The normalized spacial score (nSPS) is 17.8. The van der Waals surface area contributed by atoms with Crippen molar-refractivity contribution >= 4 is 17.3 Å². The number of rotatable bonds is 5. The number of ketones is 2. The Kier molecular flexibility index (Phi) is 4.42. The highest BCUT2D eigenvalue weighted by molar-refractivity contribution is 6.45. The molecule has 0 saturated heterocycles. The van der Waals surface area contributed by atoms with Crippen LogP contribution in [0.3, 0.4) is 0 Å². The van der Waals surface area contributed by atoms with Crippen molar-refractivity contribution in [2.45, 2.75) is 19.6 Å². The second-order valence-corrected chi connectivity index (χ2v) is 4.33. The Morgan fingerprint density at radius 3 is 2.60 bits per heavy atom. The molecule has 0 fully saturated rings. The summed E-state index contributed by atoms with van der Waals surface area (Å²) in [6, 6.07) is 7.29. The first-order valence-electron chi connectivity index (χ1n) is 6.15. The monoisotopic (exact) mass is 273 g/mol. The summed E-state index contributed by atoms with van der Waals surface area (Å²) in [7, 11) is 1.59. The summed E-state index contributed by atoms with van der Waals surface area (Å²) in [5, 5.41) is 0. The Hall–Kier alpha value is -2.27. The van der Waals surface area contributed by atoms with E-state index in [0.29, 0.717) is 0 Å². The molecule has 0 amide bonds. The maximum atomic E-state index is 11.8. The predicted octanol–water partition coefficient (Wildman–Crippen LogP) is 1.71. The van der Waals surface area contributed by atoms with Crippen molar-refractivity contribution in [3.63, 3.8) is 0 Å². The van der Waals surface area contributed by atoms with Crippen LogP contribution in [0.25, 0.3) is 0 Å². The van der Waals surface area contributed by atoms with Crippen LogP contribution in [-0.2, 0) is 20.9 Å². The largest absolute Gasteiger partial charge is 0.497 e. The van der Waals surface area contributed by atoms with Gasteiger partial charge in [-0.3, -0.25) is 14.6 Å². The molecule has 0 N–H and O–H groups in total. The third kappa shape index (κ3) is 3.19. The van der Waals surface area contributed by atoms with E-state index >= 15 is 0 Å². The average molecular weight is 273 g/mol. The molecular formula is C15H15NO4. The molecular weight excluding hydrogens is 258 g/mol. The Labute approximate surface area is 116 Å². The van der Waals surface area contributed by atoms with Gasteiger partial charge in [-0.15, -0.1) is 0 Å². The summed E-state index contributed by atoms with van der Waals surface area (Å²) in [4.78, 5) is 27.1. The highest BCUT2D eigenvalue weighted by atomic mass is 16.5. The lowest BCUT2D eigenvalue weighted by Crippen LogP contribution is -2.37. The van der Waals surface area contributed by atoms with Gasteiger partial charge in [0, 0.05) is 19.2 Å². The SMILES string of the molecule is COc1ccc(COC2C(=O)C=CN=C2C(C)=O)cc1. The van der Waals surface area contributed by atoms with E-state index in [1.807, 2.05) is 12.1 Å². The van der Waals surface area contributed by atoms with Gasteiger partial charge in [0.25, 0.3) is 0 Å². The van der Waals surface area contributed by atoms with Crippen molar-refractivity contribution in [2.24, 2.45) is 4.99 Å². The summed E-state index contributed by atoms with van der Waals surface area (Å²) >= 11 is 0. The van der Waals surface area contributed by atoms with E-state index in [2.05, 4.69) is 4.99 Å². The maximum absolute atomic E-state index is 11.8. The molecule has 104 valence electrons. The van der Waals surface area contributed by atoms with Gasteiger partial charge in [0.05, 0.1) is 13.7 Å². The van der Waals surface area contributed by atoms with Gasteiger partial charge in [-0.25, -0.2) is 0 Å². The Morgan fingerprint density at radius 1 is 1.30 bits per heavy atom. The smallest absolute Gasteiger partial charge is 0.192 e. The number of ether oxygens (including phenoxy) is 2. The third-order valence-electron chi connectivity index (χ3n) is 2.90. The number of aliphatic imine (C=N–C) groups is 1. The van der Waals surface area contributed by atoms with Crippen molar-refractivity contribution in [1.29, 1.82) is 0 Å². The molecule has 0 saturated carbocycles. The minimum Gasteiger partial charge on any atom is -0.497 e. The van der Waals surface area contributed by atoms with E-state index in [-0.39, 0.29) is 23.9 Å². The molecule has 2 rings (SSSR count). The fraction of sp³-hybridized carbons (Fsp3) is 0.267. The van der Waals surface area contributed by atoms with Gasteiger partial charge in [-0.05, 0) is 17.7 Å². The standard InChI is InChI=1S/C15H15NO4/c1-10(17)14-15(13(18)7-8-16-14)20-9-11-3-5-12(19-2)6-4-11/h3-8,15H,9H2,1-2H3. The van der Waals surface area contributed by atoms with Gasteiger partial charge in [-0.1, -0.05) is 12.1 Å². The van der Waals surface area contributed by atoms with Crippen LogP contribution in [0.4, 0.5) is 0 Å². The van der Waals surface area contributed by atoms with Crippen molar-refractivity contribution in [3.05, 3.63) is 42.1 Å². The molecule has 5 heteroatoms. The molecule has 1 aliphatic rings. The Bertz CT molecular complexity index is 572. The van der Waals surface area contributed by atoms with Crippen LogP contribution in [0, 0.1) is 0 Å². The van der Waals surface area contributed by atoms with E-state index in [0.717, 1.165) is 11.3 Å². The summed E-state index contributed by atoms with van der Waals surface area (Å²) in [6.45, 7) is 1.59. The Balaban J connectivity index is 2.04. The van der Waals surface area contributed by atoms with E-state index in [1.165, 1.54) is 19.2 Å². The van der Waals surface area contributed by atoms with Crippen LogP contribution in [0.2, 0.25) is 0 Å². The van der Waals surface area contributed by atoms with Crippen LogP contribution < -0.4 is 4.74 Å². The van der Waals surface area contributed by atoms with Crippen molar-refractivity contribution < 1.29 is 19.1 Å². The number of carbonyl (C=O) groups is 2. The number of Topliss-reactive ketones (excluding diaryl/α,β-unsaturated/α-hetero) is 1. The molecule has 0 aromatic heterocycles. The minimum atomic E-state index is -0.917. The van der Waals surface area contributed by atoms with Crippen LogP contribution in [0.1, 0.15) is 12.5 Å². The van der Waals surface area contributed by atoms with Crippen molar-refractivity contribution in [2.75, 3.05) is 7.11 Å². The van der Waals surface area contributed by atoms with Gasteiger partial charge in [-0.2, -0.15) is 0 Å². The van der Waals surface area contributed by atoms with Crippen LogP contribution in [-0.4, -0.2) is 30.5 Å². The first-order chi connectivity index (χ1) is 9.61. The van der Waals surface area contributed by atoms with Crippen molar-refractivity contribution in [3.8, 4) is 5.75 Å². The molecule has 1 aromatic carbocycles. The predicted molar refractivity (Wildman–Crippen MR) is 73.8 cm³/mol. The van der Waals surface area contributed by atoms with E-state index < -0.39 is 6.10 Å². The lowest BCUT2D eigenvalue weighted by atomic mass is 10.0. The first-order valence-corrected chi connectivity index (χ1v) is 6.15. The van der Waals surface area contributed by atoms with Gasteiger partial charge < -0.3 is 9.47 Å². The number of benzene rings is 1. The summed E-state index contributed by atoms with van der Waals surface area (Å²) in [5.41, 5.74) is 1.03. The zero-order chi connectivity index (χ0) is 14.5. The molecule has 1 atom stereocenters. The highest BCUT2D eigenvalue weighted by Gasteiger charge is 2.28. The van der Waals surface area contributed by atoms with Crippen LogP contribution in [0.15, 0.2) is 41.5 Å². The number of carbonyl (C=O) groups excluding carboxylic acids is 2. The zero-order valence-electron chi connectivity index (χ0n) is 11.3. The average Bonchev–Trinajstić information content (AvgIpc) is 2.46. The molecule has 1 aromatic rings. The number of nitrogens with zero attached hydrogens (tertiary/aromatic N) is 1. The van der Waals surface area contributed by atoms with Gasteiger partial charge in [0.1, 0.15) is 11.5 Å². The topological polar surface area (TPSA) is 65.0 Å². The fourth-order valence-electron chi connectivity index (χ4n) is 1.82. The first kappa shape index (κ1) is 14.1. The lowest BCUT2D eigenvalue weighted by Gasteiger charge is -2.18. The van der Waals surface area contributed by atoms with Gasteiger partial charge >= 0.3 is 0 Å². The van der Waals surface area contributed by atoms with Gasteiger partial charge in [0.15, 0.2) is 17.7 Å². The number of hydrogen-bond acceptors (Lipinski definition) is 5. The lowest BCUT2D eigenvalue weighted by molar-refractivity contribution is -0.124. The van der Waals surface area contributed by atoms with Crippen LogP contribution >= 0.6 is 0 Å². The second-order valence-electron chi connectivity index (χ2n) is 4.33. The molecule has 0 aliphatic carbocycles. The van der Waals surface area contributed by atoms with E-state index in [9.17, 15) is 9.59 Å². The molecule has 1 aliphatic heterocycles. The molecule has 0 spiro atoms. The van der Waals surface area contributed by atoms with Gasteiger partial charge in [0.2, 0.25) is 0 Å². The fourth-order valence-corrected chi connectivity index (χ4v) is 1.82. The summed E-state index contributed by atoms with van der Waals surface area (Å²) in [6.07, 6.45) is 1.72. The molecule has 20 heavy (non-hydrogen) atoms. The van der Waals surface area contributed by atoms with E-state index in [4.69, 9.17) is 9.47 Å². The quantitative estimate of drug-likeness (QED) is 0.819. The van der Waals surface area contributed by atoms with Crippen LogP contribution in [0.5, 0.6) is 5.75 Å². The molecule has 1 heterocycles. The minimum absolute atomic E-state index is 0.144. The van der Waals surface area contributed by atoms with E-state index in [1.54, 1.807) is 19.2 Å². The highest BCUT2D eigenvalue weighted by Crippen LogP contribution is 2.14. The zero-order valence-corrected chi connectivity index (χ0v) is 11.3. The summed E-state index contributed by atoms with van der Waals surface area (Å²) < 4.78 is 10.6.